The Hall–Kier alpha value is -0.610. The van der Waals surface area contributed by atoms with Gasteiger partial charge in [0.15, 0.2) is 0 Å². The first-order valence-corrected chi connectivity index (χ1v) is 5.79. The van der Waals surface area contributed by atoms with Crippen molar-refractivity contribution in [2.45, 2.75) is 45.6 Å². The van der Waals surface area contributed by atoms with E-state index in [9.17, 15) is 4.79 Å². The van der Waals surface area contributed by atoms with Gasteiger partial charge < -0.3 is 15.7 Å². The number of carbonyl (C=O) groups is 1. The number of hydrogen-bond donors (Lipinski definition) is 2. The molecule has 0 spiro atoms. The number of nitrogens with two attached hydrogens (primary N) is 1. The summed E-state index contributed by atoms with van der Waals surface area (Å²) in [5.74, 6) is 0.0619. The third kappa shape index (κ3) is 6.47. The van der Waals surface area contributed by atoms with Crippen LogP contribution < -0.4 is 5.73 Å². The highest BCUT2D eigenvalue weighted by atomic mass is 16.3. The highest BCUT2D eigenvalue weighted by Crippen LogP contribution is 2.03. The number of amides is 1. The quantitative estimate of drug-likeness (QED) is 0.628. The maximum absolute atomic E-state index is 11.7. The highest BCUT2D eigenvalue weighted by Gasteiger charge is 2.15. The molecular weight excluding hydrogens is 192 g/mol. The van der Waals surface area contributed by atoms with E-state index in [1.54, 1.807) is 4.90 Å². The highest BCUT2D eigenvalue weighted by molar-refractivity contribution is 5.76. The second-order valence-corrected chi connectivity index (χ2v) is 3.86. The number of nitrogens with zero attached hydrogens (tertiary/aromatic N) is 1. The van der Waals surface area contributed by atoms with Crippen LogP contribution in [0.4, 0.5) is 0 Å². The normalized spacial score (nSPS) is 12.5. The van der Waals surface area contributed by atoms with Gasteiger partial charge in [-0.2, -0.15) is 0 Å². The minimum absolute atomic E-state index is 0.0226. The fourth-order valence-electron chi connectivity index (χ4n) is 1.58. The zero-order chi connectivity index (χ0) is 11.7. The Morgan fingerprint density at radius 3 is 2.47 bits per heavy atom. The molecule has 1 unspecified atom stereocenters. The number of rotatable bonds is 8. The summed E-state index contributed by atoms with van der Waals surface area (Å²) in [5.41, 5.74) is 5.81. The lowest BCUT2D eigenvalue weighted by Gasteiger charge is -2.22. The molecule has 0 aliphatic carbocycles. The Kier molecular flexibility index (Phi) is 8.33. The van der Waals surface area contributed by atoms with Crippen molar-refractivity contribution < 1.29 is 9.90 Å². The van der Waals surface area contributed by atoms with E-state index in [2.05, 4.69) is 6.92 Å². The lowest BCUT2D eigenvalue weighted by molar-refractivity contribution is -0.132. The molecule has 0 radical (unpaired) electrons. The monoisotopic (exact) mass is 216 g/mol. The van der Waals surface area contributed by atoms with Gasteiger partial charge in [-0.15, -0.1) is 0 Å². The van der Waals surface area contributed by atoms with Crippen LogP contribution in [0.3, 0.4) is 0 Å². The third-order valence-corrected chi connectivity index (χ3v) is 2.31. The van der Waals surface area contributed by atoms with Crippen molar-refractivity contribution in [3.63, 3.8) is 0 Å². The number of hydrogen-bond acceptors (Lipinski definition) is 3. The molecule has 4 heteroatoms. The molecule has 90 valence electrons. The SMILES string of the molecule is CCCC(N)CC(=O)N(CCC)CCO. The van der Waals surface area contributed by atoms with Crippen LogP contribution >= 0.6 is 0 Å². The predicted molar refractivity (Wildman–Crippen MR) is 61.5 cm³/mol. The first-order valence-electron chi connectivity index (χ1n) is 5.79. The molecule has 1 amide bonds. The van der Waals surface area contributed by atoms with Crippen molar-refractivity contribution in [1.29, 1.82) is 0 Å². The van der Waals surface area contributed by atoms with E-state index in [-0.39, 0.29) is 18.6 Å². The zero-order valence-electron chi connectivity index (χ0n) is 9.91. The van der Waals surface area contributed by atoms with Crippen LogP contribution in [0.1, 0.15) is 39.5 Å². The third-order valence-electron chi connectivity index (χ3n) is 2.31. The summed E-state index contributed by atoms with van der Waals surface area (Å²) >= 11 is 0. The van der Waals surface area contributed by atoms with Gasteiger partial charge >= 0.3 is 0 Å². The first-order chi connectivity index (χ1) is 7.15. The van der Waals surface area contributed by atoms with Gasteiger partial charge in [0.1, 0.15) is 0 Å². The molecule has 0 saturated heterocycles. The van der Waals surface area contributed by atoms with Crippen LogP contribution in [-0.4, -0.2) is 41.7 Å². The lowest BCUT2D eigenvalue weighted by Crippen LogP contribution is -2.38. The molecule has 3 N–H and O–H groups in total. The average molecular weight is 216 g/mol. The lowest BCUT2D eigenvalue weighted by atomic mass is 10.1. The topological polar surface area (TPSA) is 66.6 Å². The predicted octanol–water partition coefficient (Wildman–Crippen LogP) is 0.735. The van der Waals surface area contributed by atoms with Crippen LogP contribution in [-0.2, 0) is 4.79 Å². The Morgan fingerprint density at radius 2 is 2.00 bits per heavy atom. The van der Waals surface area contributed by atoms with Crippen LogP contribution in [0.2, 0.25) is 0 Å². The molecular formula is C11H24N2O2. The molecule has 4 nitrogen and oxygen atoms in total. The van der Waals surface area contributed by atoms with Crippen LogP contribution in [0.5, 0.6) is 0 Å². The summed E-state index contributed by atoms with van der Waals surface area (Å²) < 4.78 is 0. The van der Waals surface area contributed by atoms with E-state index in [1.807, 2.05) is 6.92 Å². The van der Waals surface area contributed by atoms with Gasteiger partial charge in [-0.1, -0.05) is 20.3 Å². The maximum Gasteiger partial charge on any atom is 0.224 e. The number of carbonyl (C=O) groups excluding carboxylic acids is 1. The Morgan fingerprint density at radius 1 is 1.33 bits per heavy atom. The minimum Gasteiger partial charge on any atom is -0.395 e. The van der Waals surface area contributed by atoms with Gasteiger partial charge in [-0.25, -0.2) is 0 Å². The van der Waals surface area contributed by atoms with E-state index in [0.29, 0.717) is 19.5 Å². The van der Waals surface area contributed by atoms with E-state index in [0.717, 1.165) is 19.3 Å². The molecule has 0 bridgehead atoms. The molecule has 15 heavy (non-hydrogen) atoms. The zero-order valence-corrected chi connectivity index (χ0v) is 9.91. The van der Waals surface area contributed by atoms with Crippen LogP contribution in [0.15, 0.2) is 0 Å². The second kappa shape index (κ2) is 8.68. The van der Waals surface area contributed by atoms with Crippen molar-refractivity contribution in [1.82, 2.24) is 4.90 Å². The molecule has 0 fully saturated rings. The van der Waals surface area contributed by atoms with Gasteiger partial charge in [-0.05, 0) is 12.8 Å². The second-order valence-electron chi connectivity index (χ2n) is 3.86. The molecule has 0 aliphatic heterocycles. The number of aliphatic hydroxyl groups is 1. The molecule has 1 atom stereocenters. The average Bonchev–Trinajstić information content (AvgIpc) is 2.17. The summed E-state index contributed by atoms with van der Waals surface area (Å²) in [6.45, 7) is 5.23. The fraction of sp³-hybridized carbons (Fsp3) is 0.909. The molecule has 0 aromatic heterocycles. The van der Waals surface area contributed by atoms with E-state index in [1.165, 1.54) is 0 Å². The smallest absolute Gasteiger partial charge is 0.224 e. The van der Waals surface area contributed by atoms with Crippen molar-refractivity contribution in [3.05, 3.63) is 0 Å². The van der Waals surface area contributed by atoms with Gasteiger partial charge in [0.05, 0.1) is 6.61 Å². The minimum atomic E-state index is -0.0412. The molecule has 0 saturated carbocycles. The summed E-state index contributed by atoms with van der Waals surface area (Å²) in [4.78, 5) is 13.4. The van der Waals surface area contributed by atoms with E-state index < -0.39 is 0 Å². The molecule has 0 aromatic rings. The van der Waals surface area contributed by atoms with Crippen molar-refractivity contribution in [3.8, 4) is 0 Å². The summed E-state index contributed by atoms with van der Waals surface area (Å²) in [6, 6.07) is -0.0412. The number of aliphatic hydroxyl groups excluding tert-OH is 1. The van der Waals surface area contributed by atoms with Crippen LogP contribution in [0.25, 0.3) is 0 Å². The largest absolute Gasteiger partial charge is 0.395 e. The maximum atomic E-state index is 11.7. The van der Waals surface area contributed by atoms with Crippen LogP contribution in [0, 0.1) is 0 Å². The molecule has 0 aromatic carbocycles. The summed E-state index contributed by atoms with van der Waals surface area (Å²) in [5, 5.41) is 8.82. The van der Waals surface area contributed by atoms with Gasteiger partial charge in [-0.3, -0.25) is 4.79 Å². The van der Waals surface area contributed by atoms with Crippen molar-refractivity contribution in [2.75, 3.05) is 19.7 Å². The first kappa shape index (κ1) is 14.4. The van der Waals surface area contributed by atoms with E-state index >= 15 is 0 Å². The van der Waals surface area contributed by atoms with E-state index in [4.69, 9.17) is 10.8 Å². The molecule has 0 aliphatic rings. The summed E-state index contributed by atoms with van der Waals surface area (Å²) in [7, 11) is 0. The standard InChI is InChI=1S/C11H24N2O2/c1-3-5-10(12)9-11(15)13(6-4-2)7-8-14/h10,14H,3-9,12H2,1-2H3. The van der Waals surface area contributed by atoms with Gasteiger partial charge in [0.25, 0.3) is 0 Å². The van der Waals surface area contributed by atoms with Gasteiger partial charge in [0.2, 0.25) is 5.91 Å². The Balaban J connectivity index is 4.00. The Labute approximate surface area is 92.4 Å². The van der Waals surface area contributed by atoms with Crippen molar-refractivity contribution >= 4 is 5.91 Å². The fourth-order valence-corrected chi connectivity index (χ4v) is 1.58. The van der Waals surface area contributed by atoms with Gasteiger partial charge in [0, 0.05) is 25.6 Å². The molecule has 0 heterocycles. The van der Waals surface area contributed by atoms with Crippen molar-refractivity contribution in [2.24, 2.45) is 5.73 Å². The Bertz CT molecular complexity index is 168. The molecule has 0 rings (SSSR count). The summed E-state index contributed by atoms with van der Waals surface area (Å²) in [6.07, 6.45) is 3.19.